The minimum Gasteiger partial charge on any atom is -0.399 e. The molecule has 1 aliphatic rings. The largest absolute Gasteiger partial charge is 0.399 e. The molecule has 2 N–H and O–H groups in total. The number of amides is 1. The number of nitrogens with zero attached hydrogens (tertiary/aromatic N) is 2. The predicted molar refractivity (Wildman–Crippen MR) is 109 cm³/mol. The monoisotopic (exact) mass is 423 g/mol. The normalized spacial score (nSPS) is 15.0. The minimum absolute atomic E-state index is 0. The third-order valence-electron chi connectivity index (χ3n) is 4.58. The number of nitrogens with two attached hydrogens (primary N) is 1. The summed E-state index contributed by atoms with van der Waals surface area (Å²) in [5, 5.41) is 0. The highest BCUT2D eigenvalue weighted by atomic mass is 35.5. The maximum atomic E-state index is 12.8. The summed E-state index contributed by atoms with van der Waals surface area (Å²) >= 11 is 0. The maximum absolute atomic E-state index is 12.8. The molecular weight excluding hydrogens is 402 g/mol. The third-order valence-corrected chi connectivity index (χ3v) is 6.49. The van der Waals surface area contributed by atoms with Gasteiger partial charge in [0.05, 0.1) is 4.90 Å². The zero-order valence-corrected chi connectivity index (χ0v) is 17.0. The molecule has 2 aromatic rings. The number of hydrogen-bond donors (Lipinski definition) is 1. The van der Waals surface area contributed by atoms with Crippen LogP contribution in [0.2, 0.25) is 0 Å². The zero-order valence-electron chi connectivity index (χ0n) is 15.4. The van der Waals surface area contributed by atoms with Gasteiger partial charge in [0.1, 0.15) is 0 Å². The number of rotatable bonds is 4. The molecule has 0 saturated carbocycles. The zero-order chi connectivity index (χ0) is 19.6. The van der Waals surface area contributed by atoms with E-state index in [4.69, 9.17) is 5.73 Å². The van der Waals surface area contributed by atoms with E-state index in [1.807, 2.05) is 0 Å². The van der Waals surface area contributed by atoms with Crippen LogP contribution in [0.1, 0.15) is 27.6 Å². The fraction of sp³-hybridized carbons (Fsp3) is 0.263. The van der Waals surface area contributed by atoms with E-state index in [0.29, 0.717) is 29.9 Å². The van der Waals surface area contributed by atoms with Crippen molar-refractivity contribution in [2.75, 3.05) is 31.9 Å². The van der Waals surface area contributed by atoms with E-state index >= 15 is 0 Å². The topological polar surface area (TPSA) is 101 Å². The molecule has 1 aliphatic heterocycles. The Hall–Kier alpha value is -2.42. The Balaban J connectivity index is 0.00000280. The number of carbonyl (C=O) groups excluding carboxylic acids is 2. The number of piperazine rings is 1. The van der Waals surface area contributed by atoms with Gasteiger partial charge in [-0.3, -0.25) is 9.59 Å². The van der Waals surface area contributed by atoms with Crippen molar-refractivity contribution in [3.8, 4) is 0 Å². The highest BCUT2D eigenvalue weighted by Crippen LogP contribution is 2.19. The van der Waals surface area contributed by atoms with Gasteiger partial charge in [0.25, 0.3) is 5.91 Å². The first-order valence-electron chi connectivity index (χ1n) is 8.55. The Kier molecular flexibility index (Phi) is 6.82. The van der Waals surface area contributed by atoms with Crippen LogP contribution in [0.15, 0.2) is 53.4 Å². The Labute approximate surface area is 170 Å². The van der Waals surface area contributed by atoms with E-state index in [0.717, 1.165) is 0 Å². The summed E-state index contributed by atoms with van der Waals surface area (Å²) in [5.41, 5.74) is 7.21. The Morgan fingerprint density at radius 3 is 1.86 bits per heavy atom. The summed E-state index contributed by atoms with van der Waals surface area (Å²) in [4.78, 5) is 25.6. The smallest absolute Gasteiger partial charge is 0.253 e. The first-order chi connectivity index (χ1) is 12.8. The molecule has 0 spiro atoms. The van der Waals surface area contributed by atoms with E-state index in [2.05, 4.69) is 0 Å². The highest BCUT2D eigenvalue weighted by molar-refractivity contribution is 7.89. The lowest BCUT2D eigenvalue weighted by Crippen LogP contribution is -2.50. The van der Waals surface area contributed by atoms with Gasteiger partial charge in [0.2, 0.25) is 10.0 Å². The number of benzene rings is 2. The SMILES string of the molecule is CC(=O)c1ccc(S(=O)(=O)N2CCN(C(=O)c3ccc(N)cc3)CC2)cc1.Cl. The lowest BCUT2D eigenvalue weighted by Gasteiger charge is -2.34. The molecule has 1 saturated heterocycles. The molecule has 28 heavy (non-hydrogen) atoms. The first-order valence-corrected chi connectivity index (χ1v) is 9.99. The second kappa shape index (κ2) is 8.72. The van der Waals surface area contributed by atoms with Crippen molar-refractivity contribution in [3.05, 3.63) is 59.7 Å². The fourth-order valence-electron chi connectivity index (χ4n) is 2.95. The summed E-state index contributed by atoms with van der Waals surface area (Å²) in [6.45, 7) is 2.50. The summed E-state index contributed by atoms with van der Waals surface area (Å²) in [5.74, 6) is -0.258. The fourth-order valence-corrected chi connectivity index (χ4v) is 4.37. The van der Waals surface area contributed by atoms with Crippen LogP contribution in [0.25, 0.3) is 0 Å². The van der Waals surface area contributed by atoms with Crippen LogP contribution >= 0.6 is 12.4 Å². The number of anilines is 1. The Bertz CT molecular complexity index is 952. The molecule has 1 heterocycles. The van der Waals surface area contributed by atoms with Crippen LogP contribution < -0.4 is 5.73 Å². The quantitative estimate of drug-likeness (QED) is 0.599. The highest BCUT2D eigenvalue weighted by Gasteiger charge is 2.30. The van der Waals surface area contributed by atoms with Gasteiger partial charge >= 0.3 is 0 Å². The van der Waals surface area contributed by atoms with Crippen LogP contribution in [-0.2, 0) is 10.0 Å². The Morgan fingerprint density at radius 2 is 1.36 bits per heavy atom. The van der Waals surface area contributed by atoms with Gasteiger partial charge in [-0.25, -0.2) is 8.42 Å². The molecule has 0 aromatic heterocycles. The number of halogens is 1. The maximum Gasteiger partial charge on any atom is 0.253 e. The second-order valence-electron chi connectivity index (χ2n) is 6.40. The van der Waals surface area contributed by atoms with Gasteiger partial charge < -0.3 is 10.6 Å². The molecule has 0 aliphatic carbocycles. The molecule has 7 nitrogen and oxygen atoms in total. The van der Waals surface area contributed by atoms with Crippen molar-refractivity contribution in [1.29, 1.82) is 0 Å². The van der Waals surface area contributed by atoms with E-state index in [-0.39, 0.29) is 42.1 Å². The van der Waals surface area contributed by atoms with Gasteiger partial charge in [-0.15, -0.1) is 12.4 Å². The van der Waals surface area contributed by atoms with E-state index in [1.165, 1.54) is 35.5 Å². The van der Waals surface area contributed by atoms with Crippen molar-refractivity contribution >= 4 is 39.8 Å². The average molecular weight is 424 g/mol. The summed E-state index contributed by atoms with van der Waals surface area (Å²) < 4.78 is 26.9. The van der Waals surface area contributed by atoms with E-state index in [9.17, 15) is 18.0 Å². The van der Waals surface area contributed by atoms with Crippen LogP contribution in [0.4, 0.5) is 5.69 Å². The molecule has 9 heteroatoms. The van der Waals surface area contributed by atoms with Crippen molar-refractivity contribution < 1.29 is 18.0 Å². The molecular formula is C19H22ClN3O4S. The van der Waals surface area contributed by atoms with Gasteiger partial charge in [0.15, 0.2) is 5.78 Å². The van der Waals surface area contributed by atoms with Gasteiger partial charge in [0, 0.05) is 43.0 Å². The molecule has 0 radical (unpaired) electrons. The van der Waals surface area contributed by atoms with Gasteiger partial charge in [-0.05, 0) is 43.3 Å². The van der Waals surface area contributed by atoms with E-state index < -0.39 is 10.0 Å². The summed E-state index contributed by atoms with van der Waals surface area (Å²) in [6, 6.07) is 12.6. The van der Waals surface area contributed by atoms with Crippen molar-refractivity contribution in [2.45, 2.75) is 11.8 Å². The van der Waals surface area contributed by atoms with Crippen molar-refractivity contribution in [2.24, 2.45) is 0 Å². The number of Topliss-reactive ketones (excluding diaryl/α,β-unsaturated/α-hetero) is 1. The molecule has 3 rings (SSSR count). The lowest BCUT2D eigenvalue weighted by atomic mass is 10.1. The van der Waals surface area contributed by atoms with Crippen LogP contribution in [0, 0.1) is 0 Å². The third kappa shape index (κ3) is 4.52. The summed E-state index contributed by atoms with van der Waals surface area (Å²) in [6.07, 6.45) is 0. The average Bonchev–Trinajstić information content (AvgIpc) is 2.68. The van der Waals surface area contributed by atoms with Crippen LogP contribution in [-0.4, -0.2) is 55.5 Å². The van der Waals surface area contributed by atoms with E-state index in [1.54, 1.807) is 29.2 Å². The second-order valence-corrected chi connectivity index (χ2v) is 8.34. The number of hydrogen-bond acceptors (Lipinski definition) is 5. The minimum atomic E-state index is -3.66. The van der Waals surface area contributed by atoms with Gasteiger partial charge in [-0.1, -0.05) is 12.1 Å². The number of carbonyl (C=O) groups is 2. The number of sulfonamides is 1. The standard InChI is InChI=1S/C19H21N3O4S.ClH/c1-14(23)15-4-8-18(9-5-15)27(25,26)22-12-10-21(11-13-22)19(24)16-2-6-17(20)7-3-16;/h2-9H,10-13,20H2,1H3;1H. The van der Waals surface area contributed by atoms with Crippen molar-refractivity contribution in [1.82, 2.24) is 9.21 Å². The van der Waals surface area contributed by atoms with Crippen molar-refractivity contribution in [3.63, 3.8) is 0 Å². The molecule has 1 fully saturated rings. The molecule has 2 aromatic carbocycles. The first kappa shape index (κ1) is 21.9. The lowest BCUT2D eigenvalue weighted by molar-refractivity contribution is 0.0698. The summed E-state index contributed by atoms with van der Waals surface area (Å²) in [7, 11) is -3.66. The molecule has 0 bridgehead atoms. The molecule has 150 valence electrons. The molecule has 1 amide bonds. The Morgan fingerprint density at radius 1 is 0.857 bits per heavy atom. The van der Waals surface area contributed by atoms with Crippen LogP contribution in [0.3, 0.4) is 0 Å². The molecule has 0 atom stereocenters. The van der Waals surface area contributed by atoms with Crippen LogP contribution in [0.5, 0.6) is 0 Å². The number of nitrogen functional groups attached to an aromatic ring is 1. The molecule has 0 unspecified atom stereocenters. The number of ketones is 1. The van der Waals surface area contributed by atoms with Gasteiger partial charge in [-0.2, -0.15) is 4.31 Å². The predicted octanol–water partition coefficient (Wildman–Crippen LogP) is 2.04.